The third kappa shape index (κ3) is 2.84. The zero-order valence-corrected chi connectivity index (χ0v) is 9.37. The lowest BCUT2D eigenvalue weighted by atomic mass is 10.1. The molecule has 0 aromatic carbocycles. The highest BCUT2D eigenvalue weighted by molar-refractivity contribution is 7.09. The fourth-order valence-corrected chi connectivity index (χ4v) is 1.92. The van der Waals surface area contributed by atoms with Gasteiger partial charge < -0.3 is 5.32 Å². The molecule has 0 aliphatic heterocycles. The van der Waals surface area contributed by atoms with Crippen LogP contribution >= 0.6 is 11.3 Å². The standard InChI is InChI=1S/C11H13N3S/c1-9(10-2-4-12-5-3-10)14-8-11-13-6-7-15-11/h2-7,9,14H,8H2,1H3. The second-order valence-corrected chi connectivity index (χ2v) is 4.29. The molecule has 0 amide bonds. The quantitative estimate of drug-likeness (QED) is 0.858. The van der Waals surface area contributed by atoms with Crippen molar-refractivity contribution in [1.82, 2.24) is 15.3 Å². The van der Waals surface area contributed by atoms with Crippen molar-refractivity contribution in [2.75, 3.05) is 0 Å². The van der Waals surface area contributed by atoms with Crippen LogP contribution in [0, 0.1) is 0 Å². The molecule has 1 atom stereocenters. The molecule has 2 aromatic heterocycles. The van der Waals surface area contributed by atoms with E-state index in [2.05, 4.69) is 22.2 Å². The molecule has 4 heteroatoms. The number of aromatic nitrogens is 2. The van der Waals surface area contributed by atoms with Gasteiger partial charge in [-0.15, -0.1) is 11.3 Å². The zero-order valence-electron chi connectivity index (χ0n) is 8.55. The molecule has 15 heavy (non-hydrogen) atoms. The summed E-state index contributed by atoms with van der Waals surface area (Å²) in [6.07, 6.45) is 5.46. The number of rotatable bonds is 4. The summed E-state index contributed by atoms with van der Waals surface area (Å²) in [6.45, 7) is 2.96. The Balaban J connectivity index is 1.90. The van der Waals surface area contributed by atoms with Crippen LogP contribution in [0.4, 0.5) is 0 Å². The van der Waals surface area contributed by atoms with Crippen LogP contribution in [-0.2, 0) is 6.54 Å². The Hall–Kier alpha value is -1.26. The first-order chi connectivity index (χ1) is 7.36. The first-order valence-corrected chi connectivity index (χ1v) is 5.76. The first kappa shape index (κ1) is 10.3. The Morgan fingerprint density at radius 1 is 1.33 bits per heavy atom. The maximum absolute atomic E-state index is 4.23. The Kier molecular flexibility index (Phi) is 3.42. The molecule has 2 aromatic rings. The summed E-state index contributed by atoms with van der Waals surface area (Å²) in [5, 5.41) is 6.54. The second-order valence-electron chi connectivity index (χ2n) is 3.31. The average molecular weight is 219 g/mol. The van der Waals surface area contributed by atoms with Crippen molar-refractivity contribution in [3.8, 4) is 0 Å². The number of nitrogens with zero attached hydrogens (tertiary/aromatic N) is 2. The van der Waals surface area contributed by atoms with Crippen molar-refractivity contribution >= 4 is 11.3 Å². The fourth-order valence-electron chi connectivity index (χ4n) is 1.35. The highest BCUT2D eigenvalue weighted by Crippen LogP contribution is 2.12. The largest absolute Gasteiger partial charge is 0.304 e. The lowest BCUT2D eigenvalue weighted by Gasteiger charge is -2.12. The van der Waals surface area contributed by atoms with Gasteiger partial charge in [0.05, 0.1) is 0 Å². The molecule has 0 aliphatic carbocycles. The van der Waals surface area contributed by atoms with Crippen LogP contribution in [0.25, 0.3) is 0 Å². The first-order valence-electron chi connectivity index (χ1n) is 4.88. The van der Waals surface area contributed by atoms with E-state index in [1.807, 2.05) is 36.1 Å². The molecule has 2 rings (SSSR count). The molecule has 0 spiro atoms. The molecule has 0 radical (unpaired) electrons. The van der Waals surface area contributed by atoms with E-state index >= 15 is 0 Å². The van der Waals surface area contributed by atoms with Gasteiger partial charge in [-0.05, 0) is 24.6 Å². The van der Waals surface area contributed by atoms with Crippen LogP contribution in [0.15, 0.2) is 36.1 Å². The molecular weight excluding hydrogens is 206 g/mol. The molecular formula is C11H13N3S. The van der Waals surface area contributed by atoms with Gasteiger partial charge in [-0.3, -0.25) is 4.98 Å². The molecule has 2 heterocycles. The molecule has 1 N–H and O–H groups in total. The minimum absolute atomic E-state index is 0.330. The van der Waals surface area contributed by atoms with Crippen LogP contribution in [0.2, 0.25) is 0 Å². The van der Waals surface area contributed by atoms with Gasteiger partial charge in [0.15, 0.2) is 0 Å². The smallest absolute Gasteiger partial charge is 0.106 e. The average Bonchev–Trinajstić information content (AvgIpc) is 2.80. The van der Waals surface area contributed by atoms with Crippen LogP contribution in [0.3, 0.4) is 0 Å². The molecule has 1 unspecified atom stereocenters. The van der Waals surface area contributed by atoms with Crippen LogP contribution in [-0.4, -0.2) is 9.97 Å². The lowest BCUT2D eigenvalue weighted by molar-refractivity contribution is 0.572. The Morgan fingerprint density at radius 2 is 2.13 bits per heavy atom. The summed E-state index contributed by atoms with van der Waals surface area (Å²) in [4.78, 5) is 8.23. The van der Waals surface area contributed by atoms with Crippen molar-refractivity contribution in [2.45, 2.75) is 19.5 Å². The summed E-state index contributed by atoms with van der Waals surface area (Å²) < 4.78 is 0. The maximum atomic E-state index is 4.23. The third-order valence-corrected chi connectivity index (χ3v) is 3.03. The summed E-state index contributed by atoms with van der Waals surface area (Å²) in [6, 6.07) is 4.39. The zero-order chi connectivity index (χ0) is 10.5. The monoisotopic (exact) mass is 219 g/mol. The van der Waals surface area contributed by atoms with Crippen molar-refractivity contribution in [3.63, 3.8) is 0 Å². The van der Waals surface area contributed by atoms with E-state index in [0.717, 1.165) is 11.6 Å². The number of nitrogens with one attached hydrogen (secondary N) is 1. The normalized spacial score (nSPS) is 12.6. The Labute approximate surface area is 93.2 Å². The predicted octanol–water partition coefficient (Wildman–Crippen LogP) is 2.39. The van der Waals surface area contributed by atoms with Gasteiger partial charge in [-0.1, -0.05) is 0 Å². The van der Waals surface area contributed by atoms with E-state index in [1.165, 1.54) is 5.56 Å². The summed E-state index contributed by atoms with van der Waals surface area (Å²) >= 11 is 1.67. The molecule has 3 nitrogen and oxygen atoms in total. The second kappa shape index (κ2) is 5.00. The molecule has 0 saturated heterocycles. The van der Waals surface area contributed by atoms with Gasteiger partial charge in [0.1, 0.15) is 5.01 Å². The number of hydrogen-bond donors (Lipinski definition) is 1. The third-order valence-electron chi connectivity index (χ3n) is 2.25. The van der Waals surface area contributed by atoms with Gasteiger partial charge in [-0.2, -0.15) is 0 Å². The molecule has 0 bridgehead atoms. The van der Waals surface area contributed by atoms with Crippen molar-refractivity contribution in [2.24, 2.45) is 0 Å². The molecule has 78 valence electrons. The lowest BCUT2D eigenvalue weighted by Crippen LogP contribution is -2.17. The minimum Gasteiger partial charge on any atom is -0.304 e. The van der Waals surface area contributed by atoms with Crippen molar-refractivity contribution in [3.05, 3.63) is 46.7 Å². The van der Waals surface area contributed by atoms with Gasteiger partial charge in [-0.25, -0.2) is 4.98 Å². The van der Waals surface area contributed by atoms with Gasteiger partial charge in [0, 0.05) is 36.6 Å². The summed E-state index contributed by atoms with van der Waals surface area (Å²) in [7, 11) is 0. The molecule has 0 saturated carbocycles. The summed E-state index contributed by atoms with van der Waals surface area (Å²) in [5.41, 5.74) is 1.25. The molecule has 0 fully saturated rings. The van der Waals surface area contributed by atoms with E-state index in [0.29, 0.717) is 6.04 Å². The van der Waals surface area contributed by atoms with Crippen LogP contribution in [0.5, 0.6) is 0 Å². The topological polar surface area (TPSA) is 37.8 Å². The van der Waals surface area contributed by atoms with E-state index in [1.54, 1.807) is 11.3 Å². The predicted molar refractivity (Wildman–Crippen MR) is 61.6 cm³/mol. The van der Waals surface area contributed by atoms with E-state index in [-0.39, 0.29) is 0 Å². The SMILES string of the molecule is CC(NCc1nccs1)c1ccncc1. The van der Waals surface area contributed by atoms with E-state index in [4.69, 9.17) is 0 Å². The highest BCUT2D eigenvalue weighted by atomic mass is 32.1. The van der Waals surface area contributed by atoms with Crippen LogP contribution < -0.4 is 5.32 Å². The molecule has 0 aliphatic rings. The van der Waals surface area contributed by atoms with Gasteiger partial charge in [0.25, 0.3) is 0 Å². The van der Waals surface area contributed by atoms with Gasteiger partial charge in [0.2, 0.25) is 0 Å². The highest BCUT2D eigenvalue weighted by Gasteiger charge is 2.04. The summed E-state index contributed by atoms with van der Waals surface area (Å²) in [5.74, 6) is 0. The van der Waals surface area contributed by atoms with E-state index < -0.39 is 0 Å². The fraction of sp³-hybridized carbons (Fsp3) is 0.273. The van der Waals surface area contributed by atoms with Gasteiger partial charge >= 0.3 is 0 Å². The van der Waals surface area contributed by atoms with Crippen molar-refractivity contribution < 1.29 is 0 Å². The Morgan fingerprint density at radius 3 is 2.80 bits per heavy atom. The van der Waals surface area contributed by atoms with Crippen molar-refractivity contribution in [1.29, 1.82) is 0 Å². The number of thiazole rings is 1. The van der Waals surface area contributed by atoms with Crippen LogP contribution in [0.1, 0.15) is 23.5 Å². The minimum atomic E-state index is 0.330. The Bertz CT molecular complexity index is 385. The van der Waals surface area contributed by atoms with E-state index in [9.17, 15) is 0 Å². The number of hydrogen-bond acceptors (Lipinski definition) is 4. The maximum Gasteiger partial charge on any atom is 0.106 e. The number of pyridine rings is 1.